The average molecular weight is 287 g/mol. The van der Waals surface area contributed by atoms with Crippen LogP contribution >= 0.6 is 0 Å². The first-order valence-corrected chi connectivity index (χ1v) is 6.40. The lowest BCUT2D eigenvalue weighted by Gasteiger charge is -2.15. The van der Waals surface area contributed by atoms with Crippen LogP contribution in [0.2, 0.25) is 0 Å². The lowest BCUT2D eigenvalue weighted by atomic mass is 9.99. The van der Waals surface area contributed by atoms with Crippen LogP contribution in [-0.2, 0) is 19.1 Å². The highest BCUT2D eigenvalue weighted by molar-refractivity contribution is 6.46. The molecule has 7 heteroatoms. The summed E-state index contributed by atoms with van der Waals surface area (Å²) in [4.78, 5) is 37.6. The third kappa shape index (κ3) is 1.89. The van der Waals surface area contributed by atoms with Crippen molar-refractivity contribution >= 4 is 29.2 Å². The number of amides is 2. The molecule has 2 aliphatic rings. The van der Waals surface area contributed by atoms with E-state index in [9.17, 15) is 14.4 Å². The highest BCUT2D eigenvalue weighted by Crippen LogP contribution is 2.30. The maximum atomic E-state index is 12.5. The van der Waals surface area contributed by atoms with Crippen LogP contribution in [0.1, 0.15) is 5.56 Å². The lowest BCUT2D eigenvalue weighted by Crippen LogP contribution is -2.36. The standard InChI is InChI=1S/C14H13N3O4/c1-7-3-5-8(6-4-7)17-12(18)9-10(13(17)19)15-16-11(9)14(20)21-2/h3-6,9-10,15H,1-2H3/t9-,10+/m1/s1. The number of imide groups is 1. The lowest BCUT2D eigenvalue weighted by molar-refractivity contribution is -0.133. The second kappa shape index (κ2) is 4.69. The summed E-state index contributed by atoms with van der Waals surface area (Å²) in [7, 11) is 1.21. The first-order chi connectivity index (χ1) is 10.0. The molecule has 108 valence electrons. The van der Waals surface area contributed by atoms with E-state index in [-0.39, 0.29) is 5.71 Å². The summed E-state index contributed by atoms with van der Waals surface area (Å²) < 4.78 is 4.59. The second-order valence-electron chi connectivity index (χ2n) is 4.92. The van der Waals surface area contributed by atoms with Gasteiger partial charge in [-0.05, 0) is 19.1 Å². The highest BCUT2D eigenvalue weighted by atomic mass is 16.5. The van der Waals surface area contributed by atoms with Crippen LogP contribution in [0.4, 0.5) is 5.69 Å². The van der Waals surface area contributed by atoms with E-state index < -0.39 is 29.7 Å². The molecule has 0 aliphatic carbocycles. The van der Waals surface area contributed by atoms with Crippen molar-refractivity contribution in [1.82, 2.24) is 5.43 Å². The van der Waals surface area contributed by atoms with Gasteiger partial charge in [0, 0.05) is 0 Å². The maximum Gasteiger partial charge on any atom is 0.355 e. The largest absolute Gasteiger partial charge is 0.464 e. The van der Waals surface area contributed by atoms with Gasteiger partial charge in [0.15, 0.2) is 5.71 Å². The van der Waals surface area contributed by atoms with Gasteiger partial charge in [-0.1, -0.05) is 17.7 Å². The number of rotatable bonds is 2. The number of esters is 1. The summed E-state index contributed by atoms with van der Waals surface area (Å²) >= 11 is 0. The van der Waals surface area contributed by atoms with Crippen molar-refractivity contribution in [2.24, 2.45) is 11.0 Å². The molecule has 2 amide bonds. The van der Waals surface area contributed by atoms with Gasteiger partial charge in [0.2, 0.25) is 5.91 Å². The fourth-order valence-electron chi connectivity index (χ4n) is 2.51. The molecule has 1 aromatic carbocycles. The number of nitrogens with zero attached hydrogens (tertiary/aromatic N) is 2. The molecule has 0 saturated carbocycles. The predicted molar refractivity (Wildman–Crippen MR) is 73.5 cm³/mol. The van der Waals surface area contributed by atoms with E-state index in [1.54, 1.807) is 12.1 Å². The van der Waals surface area contributed by atoms with E-state index in [2.05, 4.69) is 15.3 Å². The molecule has 0 aromatic heterocycles. The van der Waals surface area contributed by atoms with Gasteiger partial charge in [-0.25, -0.2) is 9.69 Å². The number of anilines is 1. The van der Waals surface area contributed by atoms with Crippen LogP contribution in [-0.4, -0.2) is 36.6 Å². The van der Waals surface area contributed by atoms with Gasteiger partial charge in [0.1, 0.15) is 12.0 Å². The molecular weight excluding hydrogens is 274 g/mol. The van der Waals surface area contributed by atoms with E-state index in [0.29, 0.717) is 5.69 Å². The van der Waals surface area contributed by atoms with Gasteiger partial charge >= 0.3 is 5.97 Å². The minimum atomic E-state index is -0.925. The second-order valence-corrected chi connectivity index (χ2v) is 4.92. The van der Waals surface area contributed by atoms with E-state index >= 15 is 0 Å². The fraction of sp³-hybridized carbons (Fsp3) is 0.286. The molecule has 2 atom stereocenters. The third-order valence-electron chi connectivity index (χ3n) is 3.61. The molecule has 0 spiro atoms. The summed E-state index contributed by atoms with van der Waals surface area (Å²) in [5, 5.41) is 3.76. The Morgan fingerprint density at radius 3 is 2.52 bits per heavy atom. The van der Waals surface area contributed by atoms with E-state index in [0.717, 1.165) is 10.5 Å². The molecule has 1 N–H and O–H groups in total. The number of fused-ring (bicyclic) bond motifs is 1. The Labute approximate surface area is 120 Å². The quantitative estimate of drug-likeness (QED) is 0.610. The van der Waals surface area contributed by atoms with Gasteiger partial charge in [0.25, 0.3) is 5.91 Å². The van der Waals surface area contributed by atoms with Crippen LogP contribution in [0.5, 0.6) is 0 Å². The Bertz CT molecular complexity index is 665. The third-order valence-corrected chi connectivity index (χ3v) is 3.61. The average Bonchev–Trinajstić information content (AvgIpc) is 3.01. The molecule has 1 fully saturated rings. The molecule has 1 aromatic rings. The predicted octanol–water partition coefficient (Wildman–Crippen LogP) is -0.0148. The maximum absolute atomic E-state index is 12.5. The molecule has 1 saturated heterocycles. The number of carbonyl (C=O) groups excluding carboxylic acids is 3. The summed E-state index contributed by atoms with van der Waals surface area (Å²) in [6.45, 7) is 1.91. The van der Waals surface area contributed by atoms with E-state index in [4.69, 9.17) is 0 Å². The fourth-order valence-corrected chi connectivity index (χ4v) is 2.51. The number of carbonyl (C=O) groups is 3. The normalized spacial score (nSPS) is 23.7. The van der Waals surface area contributed by atoms with Crippen molar-refractivity contribution in [3.63, 3.8) is 0 Å². The van der Waals surface area contributed by atoms with Crippen molar-refractivity contribution in [2.45, 2.75) is 13.0 Å². The number of ether oxygens (including phenoxy) is 1. The molecule has 0 unspecified atom stereocenters. The summed E-state index contributed by atoms with van der Waals surface area (Å²) in [6.07, 6.45) is 0. The van der Waals surface area contributed by atoms with Crippen LogP contribution in [0.25, 0.3) is 0 Å². The number of hydrogen-bond donors (Lipinski definition) is 1. The number of aryl methyl sites for hydroxylation is 1. The minimum absolute atomic E-state index is 0.0598. The molecule has 2 heterocycles. The summed E-state index contributed by atoms with van der Waals surface area (Å²) in [6, 6.07) is 6.18. The SMILES string of the molecule is COC(=O)C1=NN[C@@H]2C(=O)N(c3ccc(C)cc3)C(=O)[C@@H]12. The Morgan fingerprint density at radius 1 is 1.24 bits per heavy atom. The Hall–Kier alpha value is -2.70. The molecule has 21 heavy (non-hydrogen) atoms. The molecule has 3 rings (SSSR count). The molecule has 0 radical (unpaired) electrons. The van der Waals surface area contributed by atoms with Crippen molar-refractivity contribution in [3.05, 3.63) is 29.8 Å². The number of hydrogen-bond acceptors (Lipinski definition) is 6. The number of methoxy groups -OCH3 is 1. The minimum Gasteiger partial charge on any atom is -0.464 e. The van der Waals surface area contributed by atoms with Crippen LogP contribution < -0.4 is 10.3 Å². The molecular formula is C14H13N3O4. The van der Waals surface area contributed by atoms with Crippen LogP contribution in [0.3, 0.4) is 0 Å². The van der Waals surface area contributed by atoms with Crippen molar-refractivity contribution < 1.29 is 19.1 Å². The van der Waals surface area contributed by atoms with E-state index in [1.807, 2.05) is 19.1 Å². The summed E-state index contributed by atoms with van der Waals surface area (Å²) in [5.41, 5.74) is 3.99. The zero-order valence-electron chi connectivity index (χ0n) is 11.5. The zero-order valence-corrected chi connectivity index (χ0v) is 11.5. The Morgan fingerprint density at radius 2 is 1.90 bits per heavy atom. The first-order valence-electron chi connectivity index (χ1n) is 6.40. The first kappa shape index (κ1) is 13.3. The summed E-state index contributed by atoms with van der Waals surface area (Å²) in [5.74, 6) is -2.52. The number of benzene rings is 1. The van der Waals surface area contributed by atoms with Gasteiger partial charge < -0.3 is 4.74 Å². The molecule has 0 bridgehead atoms. The zero-order chi connectivity index (χ0) is 15.1. The van der Waals surface area contributed by atoms with Crippen molar-refractivity contribution in [2.75, 3.05) is 12.0 Å². The van der Waals surface area contributed by atoms with Crippen LogP contribution in [0, 0.1) is 12.8 Å². The smallest absolute Gasteiger partial charge is 0.355 e. The van der Waals surface area contributed by atoms with Gasteiger partial charge in [0.05, 0.1) is 12.8 Å². The van der Waals surface area contributed by atoms with Gasteiger partial charge in [-0.2, -0.15) is 5.10 Å². The Kier molecular flexibility index (Phi) is 2.97. The van der Waals surface area contributed by atoms with Crippen molar-refractivity contribution in [3.8, 4) is 0 Å². The molecule has 2 aliphatic heterocycles. The van der Waals surface area contributed by atoms with Crippen LogP contribution in [0.15, 0.2) is 29.4 Å². The Balaban J connectivity index is 1.95. The monoisotopic (exact) mass is 287 g/mol. The highest BCUT2D eigenvalue weighted by Gasteiger charge is 2.55. The van der Waals surface area contributed by atoms with Gasteiger partial charge in [-0.3, -0.25) is 15.0 Å². The molecule has 7 nitrogen and oxygen atoms in total. The topological polar surface area (TPSA) is 88.1 Å². The van der Waals surface area contributed by atoms with E-state index in [1.165, 1.54) is 7.11 Å². The van der Waals surface area contributed by atoms with Gasteiger partial charge in [-0.15, -0.1) is 0 Å². The van der Waals surface area contributed by atoms with Crippen molar-refractivity contribution in [1.29, 1.82) is 0 Å². The number of hydrazone groups is 1. The number of nitrogens with one attached hydrogen (secondary N) is 1.